The van der Waals surface area contributed by atoms with Crippen LogP contribution in [0.3, 0.4) is 0 Å². The number of hydrogen-bond donors (Lipinski definition) is 1. The van der Waals surface area contributed by atoms with Crippen molar-refractivity contribution in [3.8, 4) is 0 Å². The molecule has 1 N–H and O–H groups in total. The van der Waals surface area contributed by atoms with Gasteiger partial charge >= 0.3 is 0 Å². The number of nitrogens with zero attached hydrogens (tertiary/aromatic N) is 2. The molecule has 1 unspecified atom stereocenters. The molecule has 1 atom stereocenters. The minimum absolute atomic E-state index is 0.0600. The van der Waals surface area contributed by atoms with Gasteiger partial charge in [-0.3, -0.25) is 14.0 Å². The Bertz CT molecular complexity index is 1040. The summed E-state index contributed by atoms with van der Waals surface area (Å²) >= 11 is 2.02. The topological polar surface area (TPSA) is 75.4 Å². The molecule has 0 saturated carbocycles. The van der Waals surface area contributed by atoms with Crippen LogP contribution in [-0.2, 0) is 10.8 Å². The molecule has 0 aliphatic carbocycles. The normalized spacial score (nSPS) is 17.0. The van der Waals surface area contributed by atoms with E-state index in [0.717, 1.165) is 3.57 Å². The molecule has 1 amide bonds. The van der Waals surface area contributed by atoms with Gasteiger partial charge < -0.3 is 14.6 Å². The molecule has 3 aromatic rings. The summed E-state index contributed by atoms with van der Waals surface area (Å²) in [6, 6.07) is 6.40. The second-order valence-corrected chi connectivity index (χ2v) is 8.56. The number of carbonyl (C=O) groups is 1. The molecule has 6 nitrogen and oxygen atoms in total. The Labute approximate surface area is 164 Å². The maximum Gasteiger partial charge on any atom is 0.292 e. The zero-order valence-electron chi connectivity index (χ0n) is 13.4. The molecule has 1 aliphatic heterocycles. The van der Waals surface area contributed by atoms with Crippen LogP contribution >= 0.6 is 22.6 Å². The van der Waals surface area contributed by atoms with Gasteiger partial charge in [0, 0.05) is 39.1 Å². The van der Waals surface area contributed by atoms with Crippen molar-refractivity contribution in [1.29, 1.82) is 0 Å². The highest BCUT2D eigenvalue weighted by Crippen LogP contribution is 2.34. The zero-order valence-corrected chi connectivity index (χ0v) is 16.3. The lowest BCUT2D eigenvalue weighted by Crippen LogP contribution is -2.28. The fraction of sp³-hybridized carbons (Fsp3) is 0.176. The number of carbonyl (C=O) groups excluding carboxylic acids is 1. The van der Waals surface area contributed by atoms with E-state index >= 15 is 0 Å². The van der Waals surface area contributed by atoms with Crippen LogP contribution in [0.25, 0.3) is 11.0 Å². The first kappa shape index (κ1) is 17.4. The van der Waals surface area contributed by atoms with Gasteiger partial charge in [-0.25, -0.2) is 4.39 Å². The number of benzene rings is 1. The van der Waals surface area contributed by atoms with Gasteiger partial charge in [-0.1, -0.05) is 0 Å². The van der Waals surface area contributed by atoms with Gasteiger partial charge in [0.2, 0.25) is 5.76 Å². The summed E-state index contributed by atoms with van der Waals surface area (Å²) < 4.78 is 32.4. The van der Waals surface area contributed by atoms with Crippen LogP contribution in [0.1, 0.15) is 10.6 Å². The Morgan fingerprint density at radius 3 is 2.96 bits per heavy atom. The van der Waals surface area contributed by atoms with E-state index < -0.39 is 16.6 Å². The third-order valence-corrected chi connectivity index (χ3v) is 5.96. The monoisotopic (exact) mass is 485 g/mol. The van der Waals surface area contributed by atoms with Gasteiger partial charge in [0.1, 0.15) is 17.1 Å². The molecular weight excluding hydrogens is 472 g/mol. The average molecular weight is 485 g/mol. The van der Waals surface area contributed by atoms with Crippen LogP contribution in [0.15, 0.2) is 41.1 Å². The van der Waals surface area contributed by atoms with E-state index in [4.69, 9.17) is 4.42 Å². The van der Waals surface area contributed by atoms with Crippen molar-refractivity contribution < 1.29 is 17.8 Å². The number of halogens is 2. The molecule has 1 aliphatic rings. The van der Waals surface area contributed by atoms with E-state index in [1.165, 1.54) is 11.0 Å². The van der Waals surface area contributed by atoms with E-state index in [9.17, 15) is 13.4 Å². The van der Waals surface area contributed by atoms with Crippen LogP contribution in [0, 0.1) is 9.39 Å². The molecule has 1 aromatic carbocycles. The number of pyridine rings is 1. The predicted molar refractivity (Wildman–Crippen MR) is 105 cm³/mol. The number of fused-ring (bicyclic) bond motifs is 1. The zero-order chi connectivity index (χ0) is 18.3. The molecule has 134 valence electrons. The molecular formula is C17H13FIN3O3S. The lowest BCUT2D eigenvalue weighted by Gasteiger charge is -2.14. The van der Waals surface area contributed by atoms with Crippen molar-refractivity contribution in [2.45, 2.75) is 0 Å². The minimum Gasteiger partial charge on any atom is -0.448 e. The fourth-order valence-electron chi connectivity index (χ4n) is 2.76. The van der Waals surface area contributed by atoms with Gasteiger partial charge in [-0.05, 0) is 46.9 Å². The van der Waals surface area contributed by atoms with E-state index in [2.05, 4.69) is 10.3 Å². The summed E-state index contributed by atoms with van der Waals surface area (Å²) in [5, 5.41) is 3.55. The van der Waals surface area contributed by atoms with Crippen molar-refractivity contribution in [3.63, 3.8) is 0 Å². The van der Waals surface area contributed by atoms with Crippen molar-refractivity contribution >= 4 is 61.6 Å². The first-order chi connectivity index (χ1) is 12.5. The van der Waals surface area contributed by atoms with Gasteiger partial charge in [0.05, 0.1) is 17.0 Å². The number of rotatable bonds is 3. The highest BCUT2D eigenvalue weighted by atomic mass is 127. The van der Waals surface area contributed by atoms with Crippen LogP contribution in [0.4, 0.5) is 15.8 Å². The molecule has 26 heavy (non-hydrogen) atoms. The number of amides is 1. The molecule has 3 heterocycles. The van der Waals surface area contributed by atoms with E-state index in [0.29, 0.717) is 29.0 Å². The Hall–Kier alpha value is -2.01. The first-order valence-electron chi connectivity index (χ1n) is 7.76. The smallest absolute Gasteiger partial charge is 0.292 e. The van der Waals surface area contributed by atoms with E-state index in [-0.39, 0.29) is 23.2 Å². The summed E-state index contributed by atoms with van der Waals surface area (Å²) in [7, 11) is -1.05. The van der Waals surface area contributed by atoms with E-state index in [1.54, 1.807) is 30.6 Å². The highest BCUT2D eigenvalue weighted by Gasteiger charge is 2.30. The standard InChI is InChI=1S/C17H13FIN3O3S/c18-12-7-10(19)1-2-13(12)21-15-11-8-20-4-3-14(11)25-16(15)17(23)22-5-6-26(24)9-22/h1-4,7-8,21H,5-6,9H2. The quantitative estimate of drug-likeness (QED) is 0.576. The van der Waals surface area contributed by atoms with Gasteiger partial charge in [0.25, 0.3) is 5.91 Å². The lowest BCUT2D eigenvalue weighted by atomic mass is 10.2. The molecule has 9 heteroatoms. The van der Waals surface area contributed by atoms with Crippen molar-refractivity contribution in [3.05, 3.63) is 51.8 Å². The maximum absolute atomic E-state index is 14.3. The molecule has 2 aromatic heterocycles. The van der Waals surface area contributed by atoms with Crippen molar-refractivity contribution in [1.82, 2.24) is 9.88 Å². The summed E-state index contributed by atoms with van der Waals surface area (Å²) in [6.07, 6.45) is 3.12. The SMILES string of the molecule is O=C(c1oc2ccncc2c1Nc1ccc(I)cc1F)N1CCS(=O)C1. The Balaban J connectivity index is 1.79. The second-order valence-electron chi connectivity index (χ2n) is 5.77. The maximum atomic E-state index is 14.3. The van der Waals surface area contributed by atoms with Crippen LogP contribution < -0.4 is 5.32 Å². The number of aromatic nitrogens is 1. The third-order valence-electron chi connectivity index (χ3n) is 4.05. The number of anilines is 2. The first-order valence-corrected chi connectivity index (χ1v) is 10.3. The van der Waals surface area contributed by atoms with Crippen LogP contribution in [0.2, 0.25) is 0 Å². The summed E-state index contributed by atoms with van der Waals surface area (Å²) in [5.41, 5.74) is 1.06. The van der Waals surface area contributed by atoms with Crippen molar-refractivity contribution in [2.75, 3.05) is 23.5 Å². The largest absolute Gasteiger partial charge is 0.448 e. The molecule has 4 rings (SSSR count). The number of furan rings is 1. The summed E-state index contributed by atoms with van der Waals surface area (Å²) in [6.45, 7) is 0.401. The lowest BCUT2D eigenvalue weighted by molar-refractivity contribution is 0.0774. The molecule has 0 spiro atoms. The Kier molecular flexibility index (Phi) is 4.65. The summed E-state index contributed by atoms with van der Waals surface area (Å²) in [5.74, 6) is -0.130. The van der Waals surface area contributed by atoms with E-state index in [1.807, 2.05) is 22.6 Å². The molecule has 0 radical (unpaired) electrons. The molecule has 1 saturated heterocycles. The Morgan fingerprint density at radius 2 is 2.23 bits per heavy atom. The minimum atomic E-state index is -1.05. The van der Waals surface area contributed by atoms with Crippen molar-refractivity contribution in [2.24, 2.45) is 0 Å². The number of hydrogen-bond acceptors (Lipinski definition) is 5. The van der Waals surface area contributed by atoms with Gasteiger partial charge in [0.15, 0.2) is 0 Å². The Morgan fingerprint density at radius 1 is 1.38 bits per heavy atom. The van der Waals surface area contributed by atoms with Crippen LogP contribution in [-0.4, -0.2) is 38.2 Å². The van der Waals surface area contributed by atoms with Gasteiger partial charge in [-0.15, -0.1) is 0 Å². The predicted octanol–water partition coefficient (Wildman–Crippen LogP) is 3.48. The third kappa shape index (κ3) is 3.20. The highest BCUT2D eigenvalue weighted by molar-refractivity contribution is 14.1. The fourth-order valence-corrected chi connectivity index (χ4v) is 4.36. The molecule has 0 bridgehead atoms. The average Bonchev–Trinajstić information content (AvgIpc) is 3.21. The number of nitrogens with one attached hydrogen (secondary N) is 1. The second kappa shape index (κ2) is 6.95. The van der Waals surface area contributed by atoms with Gasteiger partial charge in [-0.2, -0.15) is 0 Å². The summed E-state index contributed by atoms with van der Waals surface area (Å²) in [4.78, 5) is 18.4. The van der Waals surface area contributed by atoms with Crippen LogP contribution in [0.5, 0.6) is 0 Å². The molecule has 1 fully saturated rings.